The quantitative estimate of drug-likeness (QED) is 0.517. The highest BCUT2D eigenvalue weighted by Crippen LogP contribution is 2.15. The molecule has 126 valence electrons. The molecule has 1 aromatic carbocycles. The van der Waals surface area contributed by atoms with Crippen molar-refractivity contribution in [3.8, 4) is 0 Å². The Morgan fingerprint density at radius 2 is 1.61 bits per heavy atom. The summed E-state index contributed by atoms with van der Waals surface area (Å²) >= 11 is 0. The average molecular weight is 320 g/mol. The predicted octanol–water partition coefficient (Wildman–Crippen LogP) is 2.95. The number of benzene rings is 1. The van der Waals surface area contributed by atoms with Crippen LogP contribution in [0.5, 0.6) is 0 Å². The van der Waals surface area contributed by atoms with Crippen molar-refractivity contribution < 1.29 is 23.9 Å². The number of carbonyl (C=O) groups is 3. The van der Waals surface area contributed by atoms with Gasteiger partial charge < -0.3 is 9.47 Å². The number of ketones is 1. The van der Waals surface area contributed by atoms with E-state index in [1.807, 2.05) is 12.1 Å². The molecule has 0 saturated heterocycles. The summed E-state index contributed by atoms with van der Waals surface area (Å²) < 4.78 is 9.85. The molecule has 0 aliphatic heterocycles. The summed E-state index contributed by atoms with van der Waals surface area (Å²) in [6, 6.07) is 7.17. The third kappa shape index (κ3) is 6.22. The number of rotatable bonds is 9. The molecule has 0 N–H and O–H groups in total. The zero-order valence-electron chi connectivity index (χ0n) is 14.0. The van der Waals surface area contributed by atoms with E-state index in [1.165, 1.54) is 6.92 Å². The Bertz CT molecular complexity index is 533. The highest BCUT2D eigenvalue weighted by Gasteiger charge is 2.23. The van der Waals surface area contributed by atoms with Crippen molar-refractivity contribution in [2.24, 2.45) is 5.92 Å². The van der Waals surface area contributed by atoms with Crippen molar-refractivity contribution in [1.82, 2.24) is 0 Å². The first kappa shape index (κ1) is 18.9. The summed E-state index contributed by atoms with van der Waals surface area (Å²) in [4.78, 5) is 34.8. The first-order valence-corrected chi connectivity index (χ1v) is 7.92. The highest BCUT2D eigenvalue weighted by atomic mass is 16.5. The van der Waals surface area contributed by atoms with Crippen LogP contribution in [-0.2, 0) is 25.5 Å². The molecule has 0 aliphatic rings. The molecule has 1 unspecified atom stereocenters. The summed E-state index contributed by atoms with van der Waals surface area (Å²) in [6.07, 6.45) is 1.89. The van der Waals surface area contributed by atoms with Crippen LogP contribution in [0.4, 0.5) is 0 Å². The van der Waals surface area contributed by atoms with Crippen LogP contribution in [0.3, 0.4) is 0 Å². The van der Waals surface area contributed by atoms with Crippen LogP contribution in [0, 0.1) is 5.92 Å². The standard InChI is InChI=1S/C18H24O5/c1-4-22-17(20)15-11-9-14(10-12-15)7-6-8-16(13(3)19)18(21)23-5-2/h9-12,16H,4-8H2,1-3H3. The molecule has 1 rings (SSSR count). The SMILES string of the molecule is CCOC(=O)c1ccc(CCCC(C(C)=O)C(=O)OCC)cc1. The van der Waals surface area contributed by atoms with Crippen LogP contribution in [0.2, 0.25) is 0 Å². The van der Waals surface area contributed by atoms with Gasteiger partial charge in [0.25, 0.3) is 0 Å². The summed E-state index contributed by atoms with van der Waals surface area (Å²) in [5, 5.41) is 0. The smallest absolute Gasteiger partial charge is 0.338 e. The zero-order valence-corrected chi connectivity index (χ0v) is 14.0. The maximum atomic E-state index is 11.7. The highest BCUT2D eigenvalue weighted by molar-refractivity contribution is 5.97. The van der Waals surface area contributed by atoms with Gasteiger partial charge >= 0.3 is 11.9 Å². The van der Waals surface area contributed by atoms with E-state index >= 15 is 0 Å². The lowest BCUT2D eigenvalue weighted by atomic mass is 9.96. The van der Waals surface area contributed by atoms with Crippen LogP contribution in [0.15, 0.2) is 24.3 Å². The van der Waals surface area contributed by atoms with Crippen molar-refractivity contribution in [1.29, 1.82) is 0 Å². The van der Waals surface area contributed by atoms with Crippen molar-refractivity contribution >= 4 is 17.7 Å². The van der Waals surface area contributed by atoms with E-state index in [1.54, 1.807) is 26.0 Å². The topological polar surface area (TPSA) is 69.7 Å². The van der Waals surface area contributed by atoms with E-state index in [2.05, 4.69) is 0 Å². The van der Waals surface area contributed by atoms with Gasteiger partial charge in [-0.3, -0.25) is 9.59 Å². The lowest BCUT2D eigenvalue weighted by Gasteiger charge is -2.12. The number of Topliss-reactive ketones (excluding diaryl/α,β-unsaturated/α-hetero) is 1. The van der Waals surface area contributed by atoms with Crippen LogP contribution in [0.25, 0.3) is 0 Å². The second-order valence-corrected chi connectivity index (χ2v) is 5.22. The largest absolute Gasteiger partial charge is 0.465 e. The monoisotopic (exact) mass is 320 g/mol. The van der Waals surface area contributed by atoms with Crippen LogP contribution in [0.1, 0.15) is 49.5 Å². The second-order valence-electron chi connectivity index (χ2n) is 5.22. The number of hydrogen-bond acceptors (Lipinski definition) is 5. The molecule has 0 amide bonds. The molecule has 0 fully saturated rings. The Labute approximate surface area is 137 Å². The van der Waals surface area contributed by atoms with Crippen molar-refractivity contribution in [2.45, 2.75) is 40.0 Å². The minimum Gasteiger partial charge on any atom is -0.465 e. The van der Waals surface area contributed by atoms with Crippen molar-refractivity contribution in [3.63, 3.8) is 0 Å². The average Bonchev–Trinajstić information content (AvgIpc) is 2.52. The van der Waals surface area contributed by atoms with Crippen molar-refractivity contribution in [3.05, 3.63) is 35.4 Å². The molecule has 0 radical (unpaired) electrons. The molecule has 5 nitrogen and oxygen atoms in total. The van der Waals surface area contributed by atoms with Gasteiger partial charge in [0.1, 0.15) is 11.7 Å². The van der Waals surface area contributed by atoms with Gasteiger partial charge in [0.05, 0.1) is 18.8 Å². The Morgan fingerprint density at radius 1 is 1.00 bits per heavy atom. The predicted molar refractivity (Wildman–Crippen MR) is 86.1 cm³/mol. The van der Waals surface area contributed by atoms with E-state index in [9.17, 15) is 14.4 Å². The maximum absolute atomic E-state index is 11.7. The van der Waals surface area contributed by atoms with Gasteiger partial charge in [-0.15, -0.1) is 0 Å². The van der Waals surface area contributed by atoms with Gasteiger partial charge in [0.15, 0.2) is 0 Å². The van der Waals surface area contributed by atoms with Gasteiger partial charge in [-0.05, 0) is 57.7 Å². The Hall–Kier alpha value is -2.17. The third-order valence-corrected chi connectivity index (χ3v) is 3.49. The lowest BCUT2D eigenvalue weighted by molar-refractivity contribution is -0.151. The fourth-order valence-corrected chi connectivity index (χ4v) is 2.26. The lowest BCUT2D eigenvalue weighted by Crippen LogP contribution is -2.24. The van der Waals surface area contributed by atoms with Gasteiger partial charge in [-0.2, -0.15) is 0 Å². The molecular formula is C18H24O5. The minimum atomic E-state index is -0.686. The van der Waals surface area contributed by atoms with E-state index in [0.717, 1.165) is 12.0 Å². The van der Waals surface area contributed by atoms with Crippen molar-refractivity contribution in [2.75, 3.05) is 13.2 Å². The Morgan fingerprint density at radius 3 is 2.13 bits per heavy atom. The normalized spacial score (nSPS) is 11.6. The summed E-state index contributed by atoms with van der Waals surface area (Å²) in [5.41, 5.74) is 1.56. The van der Waals surface area contributed by atoms with Gasteiger partial charge in [0, 0.05) is 0 Å². The molecule has 0 bridgehead atoms. The van der Waals surface area contributed by atoms with Crippen LogP contribution >= 0.6 is 0 Å². The molecule has 0 heterocycles. The van der Waals surface area contributed by atoms with Gasteiger partial charge in [-0.1, -0.05) is 12.1 Å². The number of esters is 2. The van der Waals surface area contributed by atoms with Gasteiger partial charge in [-0.25, -0.2) is 4.79 Å². The molecule has 1 atom stereocenters. The molecular weight excluding hydrogens is 296 g/mol. The fourth-order valence-electron chi connectivity index (χ4n) is 2.26. The number of aryl methyl sites for hydroxylation is 1. The Balaban J connectivity index is 2.52. The molecule has 0 spiro atoms. The first-order valence-electron chi connectivity index (χ1n) is 7.92. The van der Waals surface area contributed by atoms with E-state index in [0.29, 0.717) is 25.0 Å². The second kappa shape index (κ2) is 9.77. The summed E-state index contributed by atoms with van der Waals surface area (Å²) in [5.74, 6) is -1.63. The number of carbonyl (C=O) groups excluding carboxylic acids is 3. The molecule has 0 saturated carbocycles. The number of ether oxygens (including phenoxy) is 2. The van der Waals surface area contributed by atoms with E-state index in [4.69, 9.17) is 9.47 Å². The van der Waals surface area contributed by atoms with E-state index < -0.39 is 11.9 Å². The molecule has 0 aromatic heterocycles. The van der Waals surface area contributed by atoms with Crippen LogP contribution < -0.4 is 0 Å². The maximum Gasteiger partial charge on any atom is 0.338 e. The molecule has 5 heteroatoms. The zero-order chi connectivity index (χ0) is 17.2. The molecule has 1 aromatic rings. The fraction of sp³-hybridized carbons (Fsp3) is 0.500. The molecule has 0 aliphatic carbocycles. The van der Waals surface area contributed by atoms with Crippen LogP contribution in [-0.4, -0.2) is 30.9 Å². The first-order chi connectivity index (χ1) is 11.0. The summed E-state index contributed by atoms with van der Waals surface area (Å²) in [6.45, 7) is 5.52. The molecule has 23 heavy (non-hydrogen) atoms. The minimum absolute atomic E-state index is 0.166. The third-order valence-electron chi connectivity index (χ3n) is 3.49. The number of hydrogen-bond donors (Lipinski definition) is 0. The van der Waals surface area contributed by atoms with Gasteiger partial charge in [0.2, 0.25) is 0 Å². The van der Waals surface area contributed by atoms with E-state index in [-0.39, 0.29) is 18.4 Å². The Kier molecular flexibility index (Phi) is 8.02. The summed E-state index contributed by atoms with van der Waals surface area (Å²) in [7, 11) is 0.